The highest BCUT2D eigenvalue weighted by Gasteiger charge is 2.16. The van der Waals surface area contributed by atoms with E-state index >= 15 is 0 Å². The van der Waals surface area contributed by atoms with E-state index in [1.165, 1.54) is 7.11 Å². The third-order valence-corrected chi connectivity index (χ3v) is 2.91. The Kier molecular flexibility index (Phi) is 5.13. The standard InChI is InChI=1S/C9H16N4O3S/c1-16-4-5(14)2-3-12-9-6(8(11)15)7(10)13-17-9/h5,12,14H,2-4H2,1H3,(H2,10,13)(H2,11,15). The molecule has 0 spiro atoms. The Balaban J connectivity index is 2.49. The average molecular weight is 260 g/mol. The fourth-order valence-electron chi connectivity index (χ4n) is 1.29. The highest BCUT2D eigenvalue weighted by atomic mass is 32.1. The van der Waals surface area contributed by atoms with Crippen LogP contribution in [-0.2, 0) is 4.74 Å². The number of hydrogen-bond donors (Lipinski definition) is 4. The largest absolute Gasteiger partial charge is 0.391 e. The first kappa shape index (κ1) is 13.7. The number of carbonyl (C=O) groups is 1. The van der Waals surface area contributed by atoms with Gasteiger partial charge >= 0.3 is 0 Å². The van der Waals surface area contributed by atoms with Gasteiger partial charge in [-0.2, -0.15) is 4.37 Å². The number of amides is 1. The number of anilines is 2. The normalized spacial score (nSPS) is 12.4. The van der Waals surface area contributed by atoms with E-state index in [0.717, 1.165) is 11.5 Å². The summed E-state index contributed by atoms with van der Waals surface area (Å²) in [7, 11) is 1.52. The van der Waals surface area contributed by atoms with Gasteiger partial charge in [-0.15, -0.1) is 0 Å². The van der Waals surface area contributed by atoms with Crippen LogP contribution >= 0.6 is 11.5 Å². The summed E-state index contributed by atoms with van der Waals surface area (Å²) >= 11 is 1.07. The lowest BCUT2D eigenvalue weighted by Crippen LogP contribution is -2.19. The molecule has 0 bridgehead atoms. The van der Waals surface area contributed by atoms with Gasteiger partial charge in [-0.3, -0.25) is 4.79 Å². The predicted molar refractivity (Wildman–Crippen MR) is 66.0 cm³/mol. The van der Waals surface area contributed by atoms with Crippen LogP contribution in [0.25, 0.3) is 0 Å². The number of nitrogen functional groups attached to an aromatic ring is 1. The van der Waals surface area contributed by atoms with E-state index < -0.39 is 12.0 Å². The maximum atomic E-state index is 11.1. The van der Waals surface area contributed by atoms with Crippen LogP contribution in [0.1, 0.15) is 16.8 Å². The molecule has 8 heteroatoms. The molecule has 0 saturated carbocycles. The van der Waals surface area contributed by atoms with Crippen molar-refractivity contribution < 1.29 is 14.6 Å². The van der Waals surface area contributed by atoms with Crippen molar-refractivity contribution in [2.24, 2.45) is 5.73 Å². The topological polar surface area (TPSA) is 123 Å². The lowest BCUT2D eigenvalue weighted by atomic mass is 10.2. The van der Waals surface area contributed by atoms with E-state index in [0.29, 0.717) is 18.0 Å². The molecular weight excluding hydrogens is 244 g/mol. The summed E-state index contributed by atoms with van der Waals surface area (Å²) in [4.78, 5) is 11.1. The summed E-state index contributed by atoms with van der Waals surface area (Å²) < 4.78 is 8.63. The molecule has 1 amide bonds. The van der Waals surface area contributed by atoms with Gasteiger partial charge in [0.2, 0.25) is 0 Å². The molecule has 0 radical (unpaired) electrons. The van der Waals surface area contributed by atoms with Crippen molar-refractivity contribution in [1.29, 1.82) is 0 Å². The van der Waals surface area contributed by atoms with Gasteiger partial charge in [0.05, 0.1) is 12.7 Å². The maximum Gasteiger partial charge on any atom is 0.255 e. The number of aromatic nitrogens is 1. The summed E-state index contributed by atoms with van der Waals surface area (Å²) in [5.74, 6) is -0.487. The van der Waals surface area contributed by atoms with E-state index in [9.17, 15) is 9.90 Å². The van der Waals surface area contributed by atoms with Crippen molar-refractivity contribution in [3.8, 4) is 0 Å². The Morgan fingerprint density at radius 1 is 1.71 bits per heavy atom. The van der Waals surface area contributed by atoms with Gasteiger partial charge in [0, 0.05) is 13.7 Å². The Morgan fingerprint density at radius 3 is 3.00 bits per heavy atom. The zero-order chi connectivity index (χ0) is 12.8. The summed E-state index contributed by atoms with van der Waals surface area (Å²) in [6, 6.07) is 0. The number of methoxy groups -OCH3 is 1. The highest BCUT2D eigenvalue weighted by Crippen LogP contribution is 2.25. The van der Waals surface area contributed by atoms with E-state index in [1.807, 2.05) is 0 Å². The van der Waals surface area contributed by atoms with Crippen LogP contribution in [0.15, 0.2) is 0 Å². The maximum absolute atomic E-state index is 11.1. The fraction of sp³-hybridized carbons (Fsp3) is 0.556. The van der Waals surface area contributed by atoms with Gasteiger partial charge in [0.1, 0.15) is 10.6 Å². The van der Waals surface area contributed by atoms with Crippen LogP contribution in [0.5, 0.6) is 0 Å². The summed E-state index contributed by atoms with van der Waals surface area (Å²) in [5, 5.41) is 12.9. The molecule has 0 aliphatic carbocycles. The minimum Gasteiger partial charge on any atom is -0.391 e. The smallest absolute Gasteiger partial charge is 0.255 e. The quantitative estimate of drug-likeness (QED) is 0.530. The first-order valence-corrected chi connectivity index (χ1v) is 5.79. The molecule has 0 aliphatic rings. The number of hydrogen-bond acceptors (Lipinski definition) is 7. The number of ether oxygens (including phenoxy) is 1. The lowest BCUT2D eigenvalue weighted by Gasteiger charge is -2.10. The monoisotopic (exact) mass is 260 g/mol. The van der Waals surface area contributed by atoms with Gasteiger partial charge in [-0.25, -0.2) is 0 Å². The number of aliphatic hydroxyl groups is 1. The molecular formula is C9H16N4O3S. The molecule has 0 saturated heterocycles. The van der Waals surface area contributed by atoms with Crippen LogP contribution in [0.4, 0.5) is 10.8 Å². The summed E-state index contributed by atoms with van der Waals surface area (Å²) in [6.07, 6.45) is -0.0566. The van der Waals surface area contributed by atoms with E-state index in [2.05, 4.69) is 9.69 Å². The summed E-state index contributed by atoms with van der Waals surface area (Å²) in [6.45, 7) is 0.752. The minimum atomic E-state index is -0.615. The van der Waals surface area contributed by atoms with Crippen molar-refractivity contribution in [2.75, 3.05) is 31.3 Å². The molecule has 17 heavy (non-hydrogen) atoms. The highest BCUT2D eigenvalue weighted by molar-refractivity contribution is 7.11. The average Bonchev–Trinajstić information content (AvgIpc) is 2.60. The predicted octanol–water partition coefficient (Wildman–Crippen LogP) is -0.366. The number of rotatable bonds is 7. The zero-order valence-corrected chi connectivity index (χ0v) is 10.3. The first-order chi connectivity index (χ1) is 8.06. The van der Waals surface area contributed by atoms with Gasteiger partial charge in [0.15, 0.2) is 5.82 Å². The van der Waals surface area contributed by atoms with Crippen LogP contribution < -0.4 is 16.8 Å². The van der Waals surface area contributed by atoms with Crippen molar-refractivity contribution in [3.63, 3.8) is 0 Å². The second kappa shape index (κ2) is 6.38. The van der Waals surface area contributed by atoms with Gasteiger partial charge in [0.25, 0.3) is 5.91 Å². The van der Waals surface area contributed by atoms with Crippen molar-refractivity contribution >= 4 is 28.3 Å². The van der Waals surface area contributed by atoms with Crippen molar-refractivity contribution in [1.82, 2.24) is 4.37 Å². The molecule has 6 N–H and O–H groups in total. The number of nitrogens with one attached hydrogen (secondary N) is 1. The second-order valence-electron chi connectivity index (χ2n) is 3.46. The van der Waals surface area contributed by atoms with Crippen molar-refractivity contribution in [3.05, 3.63) is 5.56 Å². The molecule has 7 nitrogen and oxygen atoms in total. The molecule has 96 valence electrons. The molecule has 1 aromatic heterocycles. The second-order valence-corrected chi connectivity index (χ2v) is 4.23. The third kappa shape index (κ3) is 3.84. The van der Waals surface area contributed by atoms with Crippen molar-refractivity contribution in [2.45, 2.75) is 12.5 Å². The Hall–Kier alpha value is -1.38. The molecule has 1 rings (SSSR count). The fourth-order valence-corrected chi connectivity index (χ4v) is 2.03. The number of nitrogens with zero attached hydrogens (tertiary/aromatic N) is 1. The number of primary amides is 1. The van der Waals surface area contributed by atoms with Crippen LogP contribution in [-0.4, -0.2) is 41.8 Å². The van der Waals surface area contributed by atoms with Crippen LogP contribution in [0.3, 0.4) is 0 Å². The van der Waals surface area contributed by atoms with E-state index in [-0.39, 0.29) is 18.0 Å². The molecule has 0 aliphatic heterocycles. The molecule has 1 atom stereocenters. The van der Waals surface area contributed by atoms with E-state index in [4.69, 9.17) is 16.2 Å². The molecule has 1 heterocycles. The Morgan fingerprint density at radius 2 is 2.41 bits per heavy atom. The number of nitrogens with two attached hydrogens (primary N) is 2. The summed E-state index contributed by atoms with van der Waals surface area (Å²) in [5.41, 5.74) is 10.9. The van der Waals surface area contributed by atoms with Crippen LogP contribution in [0, 0.1) is 0 Å². The van der Waals surface area contributed by atoms with E-state index in [1.54, 1.807) is 0 Å². The van der Waals surface area contributed by atoms with Crippen LogP contribution in [0.2, 0.25) is 0 Å². The Labute approximate surface area is 103 Å². The number of carbonyl (C=O) groups excluding carboxylic acids is 1. The first-order valence-electron chi connectivity index (χ1n) is 5.02. The third-order valence-electron chi connectivity index (χ3n) is 2.09. The molecule has 1 unspecified atom stereocenters. The zero-order valence-electron chi connectivity index (χ0n) is 9.47. The number of aliphatic hydroxyl groups excluding tert-OH is 1. The SMILES string of the molecule is COCC(O)CCNc1snc(N)c1C(N)=O. The lowest BCUT2D eigenvalue weighted by molar-refractivity contribution is 0.0615. The Bertz CT molecular complexity index is 382. The van der Waals surface area contributed by atoms with Gasteiger partial charge < -0.3 is 26.6 Å². The van der Waals surface area contributed by atoms with Gasteiger partial charge in [-0.05, 0) is 18.0 Å². The minimum absolute atomic E-state index is 0.127. The molecule has 0 fully saturated rings. The molecule has 0 aromatic carbocycles. The van der Waals surface area contributed by atoms with Gasteiger partial charge in [-0.1, -0.05) is 0 Å². The molecule has 1 aromatic rings.